The number of hydrogen-bond donors (Lipinski definition) is 1. The molecule has 0 atom stereocenters. The minimum atomic E-state index is -0.140. The fraction of sp³-hybridized carbons (Fsp3) is 0.250. The average molecular weight is 285 g/mol. The quantitative estimate of drug-likeness (QED) is 0.653. The van der Waals surface area contributed by atoms with Gasteiger partial charge >= 0.3 is 0 Å². The number of nitrogens with one attached hydrogen (secondary N) is 1. The molecule has 2 rings (SSSR count). The molecular weight excluding hydrogens is 266 g/mol. The SMILES string of the molecule is CCOc1ccc(/C=N\NC(=O)Cc2cccn2C)cc1. The van der Waals surface area contributed by atoms with Gasteiger partial charge in [0.1, 0.15) is 5.75 Å². The number of carbonyl (C=O) groups excluding carboxylic acids is 1. The van der Waals surface area contributed by atoms with Crippen molar-refractivity contribution >= 4 is 12.1 Å². The number of hydrogen-bond acceptors (Lipinski definition) is 3. The molecule has 0 fully saturated rings. The summed E-state index contributed by atoms with van der Waals surface area (Å²) in [6.07, 6.45) is 3.83. The van der Waals surface area contributed by atoms with E-state index in [9.17, 15) is 4.79 Å². The Morgan fingerprint density at radius 1 is 1.33 bits per heavy atom. The van der Waals surface area contributed by atoms with E-state index < -0.39 is 0 Å². The summed E-state index contributed by atoms with van der Waals surface area (Å²) in [7, 11) is 1.91. The van der Waals surface area contributed by atoms with E-state index in [4.69, 9.17) is 4.74 Å². The van der Waals surface area contributed by atoms with E-state index >= 15 is 0 Å². The standard InChI is InChI=1S/C16H19N3O2/c1-3-21-15-8-6-13(7-9-15)12-17-18-16(20)11-14-5-4-10-19(14)2/h4-10,12H,3,11H2,1-2H3,(H,18,20)/b17-12-. The summed E-state index contributed by atoms with van der Waals surface area (Å²) in [4.78, 5) is 11.7. The smallest absolute Gasteiger partial charge is 0.245 e. The third-order valence-corrected chi connectivity index (χ3v) is 2.99. The Hall–Kier alpha value is -2.56. The Morgan fingerprint density at radius 3 is 2.71 bits per heavy atom. The van der Waals surface area contributed by atoms with Crippen molar-refractivity contribution in [3.05, 3.63) is 53.9 Å². The van der Waals surface area contributed by atoms with Gasteiger partial charge in [-0.1, -0.05) is 0 Å². The van der Waals surface area contributed by atoms with Crippen LogP contribution in [-0.4, -0.2) is 23.3 Å². The Labute approximate surface area is 124 Å². The molecular formula is C16H19N3O2. The molecule has 0 bridgehead atoms. The number of nitrogens with zero attached hydrogens (tertiary/aromatic N) is 2. The third kappa shape index (κ3) is 4.49. The van der Waals surface area contributed by atoms with Gasteiger partial charge in [-0.3, -0.25) is 4.79 Å². The van der Waals surface area contributed by atoms with E-state index in [1.165, 1.54) is 0 Å². The zero-order valence-electron chi connectivity index (χ0n) is 12.2. The average Bonchev–Trinajstić information content (AvgIpc) is 2.86. The minimum absolute atomic E-state index is 0.140. The number of ether oxygens (including phenoxy) is 1. The normalized spacial score (nSPS) is 10.8. The van der Waals surface area contributed by atoms with E-state index in [-0.39, 0.29) is 5.91 Å². The number of rotatable bonds is 6. The zero-order valence-corrected chi connectivity index (χ0v) is 12.2. The number of hydrazone groups is 1. The summed E-state index contributed by atoms with van der Waals surface area (Å²) in [6.45, 7) is 2.58. The second kappa shape index (κ2) is 7.28. The van der Waals surface area contributed by atoms with Crippen LogP contribution in [0.1, 0.15) is 18.2 Å². The molecule has 110 valence electrons. The van der Waals surface area contributed by atoms with E-state index in [0.29, 0.717) is 13.0 Å². The van der Waals surface area contributed by atoms with Gasteiger partial charge in [0.2, 0.25) is 5.91 Å². The first-order chi connectivity index (χ1) is 10.2. The molecule has 0 radical (unpaired) electrons. The summed E-state index contributed by atoms with van der Waals surface area (Å²) in [5.74, 6) is 0.682. The number of aromatic nitrogens is 1. The maximum absolute atomic E-state index is 11.7. The monoisotopic (exact) mass is 285 g/mol. The molecule has 0 aliphatic heterocycles. The molecule has 0 aliphatic rings. The molecule has 0 saturated heterocycles. The van der Waals surface area contributed by atoms with Crippen LogP contribution in [0.15, 0.2) is 47.7 Å². The van der Waals surface area contributed by atoms with Crippen molar-refractivity contribution in [1.82, 2.24) is 9.99 Å². The first-order valence-electron chi connectivity index (χ1n) is 6.84. The first-order valence-corrected chi connectivity index (χ1v) is 6.84. The van der Waals surface area contributed by atoms with Gasteiger partial charge in [0.25, 0.3) is 0 Å². The highest BCUT2D eigenvalue weighted by Crippen LogP contribution is 2.10. The van der Waals surface area contributed by atoms with Crippen molar-refractivity contribution in [2.24, 2.45) is 12.1 Å². The third-order valence-electron chi connectivity index (χ3n) is 2.99. The van der Waals surface area contributed by atoms with Crippen LogP contribution in [0.2, 0.25) is 0 Å². The zero-order chi connectivity index (χ0) is 15.1. The fourth-order valence-corrected chi connectivity index (χ4v) is 1.88. The Balaban J connectivity index is 1.84. The molecule has 0 aliphatic carbocycles. The molecule has 1 amide bonds. The molecule has 1 aromatic carbocycles. The first kappa shape index (κ1) is 14.8. The van der Waals surface area contributed by atoms with Crippen molar-refractivity contribution in [3.63, 3.8) is 0 Å². The molecule has 0 saturated carbocycles. The van der Waals surface area contributed by atoms with E-state index in [1.54, 1.807) is 6.21 Å². The van der Waals surface area contributed by atoms with Crippen LogP contribution in [-0.2, 0) is 18.3 Å². The van der Waals surface area contributed by atoms with Gasteiger partial charge in [0.05, 0.1) is 19.2 Å². The van der Waals surface area contributed by atoms with Crippen molar-refractivity contribution in [1.29, 1.82) is 0 Å². The lowest BCUT2D eigenvalue weighted by atomic mass is 10.2. The van der Waals surface area contributed by atoms with Gasteiger partial charge in [-0.2, -0.15) is 5.10 Å². The topological polar surface area (TPSA) is 55.6 Å². The van der Waals surface area contributed by atoms with Gasteiger partial charge in [-0.15, -0.1) is 0 Å². The van der Waals surface area contributed by atoms with Crippen LogP contribution < -0.4 is 10.2 Å². The van der Waals surface area contributed by atoms with Gasteiger partial charge in [0, 0.05) is 18.9 Å². The Bertz CT molecular complexity index is 615. The Kier molecular flexibility index (Phi) is 5.15. The second-order valence-electron chi connectivity index (χ2n) is 4.58. The summed E-state index contributed by atoms with van der Waals surface area (Å²) in [5, 5.41) is 3.95. The van der Waals surface area contributed by atoms with Gasteiger partial charge < -0.3 is 9.30 Å². The molecule has 21 heavy (non-hydrogen) atoms. The largest absolute Gasteiger partial charge is 0.494 e. The van der Waals surface area contributed by atoms with Crippen LogP contribution >= 0.6 is 0 Å². The van der Waals surface area contributed by atoms with Crippen molar-refractivity contribution in [2.75, 3.05) is 6.61 Å². The number of carbonyl (C=O) groups is 1. The van der Waals surface area contributed by atoms with Crippen LogP contribution in [0.4, 0.5) is 0 Å². The molecule has 2 aromatic rings. The molecule has 5 heteroatoms. The predicted molar refractivity (Wildman–Crippen MR) is 82.5 cm³/mol. The van der Waals surface area contributed by atoms with E-state index in [2.05, 4.69) is 10.5 Å². The fourth-order valence-electron chi connectivity index (χ4n) is 1.88. The summed E-state index contributed by atoms with van der Waals surface area (Å²) < 4.78 is 7.27. The molecule has 0 unspecified atom stereocenters. The summed E-state index contributed by atoms with van der Waals surface area (Å²) >= 11 is 0. The maximum Gasteiger partial charge on any atom is 0.245 e. The highest BCUT2D eigenvalue weighted by Gasteiger charge is 2.04. The number of amides is 1. The van der Waals surface area contributed by atoms with Crippen LogP contribution in [0, 0.1) is 0 Å². The van der Waals surface area contributed by atoms with Crippen LogP contribution in [0.25, 0.3) is 0 Å². The molecule has 1 aromatic heterocycles. The highest BCUT2D eigenvalue weighted by atomic mass is 16.5. The lowest BCUT2D eigenvalue weighted by molar-refractivity contribution is -0.120. The van der Waals surface area contributed by atoms with Crippen LogP contribution in [0.3, 0.4) is 0 Å². The van der Waals surface area contributed by atoms with Gasteiger partial charge in [-0.25, -0.2) is 5.43 Å². The molecule has 5 nitrogen and oxygen atoms in total. The molecule has 1 heterocycles. The van der Waals surface area contributed by atoms with Crippen molar-refractivity contribution < 1.29 is 9.53 Å². The van der Waals surface area contributed by atoms with E-state index in [1.807, 2.05) is 61.1 Å². The summed E-state index contributed by atoms with van der Waals surface area (Å²) in [6, 6.07) is 11.3. The second-order valence-corrected chi connectivity index (χ2v) is 4.58. The lowest BCUT2D eigenvalue weighted by Crippen LogP contribution is -2.20. The van der Waals surface area contributed by atoms with Gasteiger partial charge in [-0.05, 0) is 48.9 Å². The molecule has 0 spiro atoms. The number of benzene rings is 1. The maximum atomic E-state index is 11.7. The lowest BCUT2D eigenvalue weighted by Gasteiger charge is -2.03. The van der Waals surface area contributed by atoms with Gasteiger partial charge in [0.15, 0.2) is 0 Å². The van der Waals surface area contributed by atoms with Crippen molar-refractivity contribution in [3.8, 4) is 5.75 Å². The predicted octanol–water partition coefficient (Wildman–Crippen LogP) is 2.12. The van der Waals surface area contributed by atoms with E-state index in [0.717, 1.165) is 17.0 Å². The number of aryl methyl sites for hydroxylation is 1. The van der Waals surface area contributed by atoms with Crippen molar-refractivity contribution in [2.45, 2.75) is 13.3 Å². The van der Waals surface area contributed by atoms with Crippen LogP contribution in [0.5, 0.6) is 5.75 Å². The minimum Gasteiger partial charge on any atom is -0.494 e. The summed E-state index contributed by atoms with van der Waals surface area (Å²) in [5.41, 5.74) is 4.37. The Morgan fingerprint density at radius 2 is 2.10 bits per heavy atom. The highest BCUT2D eigenvalue weighted by molar-refractivity contribution is 5.83. The molecule has 1 N–H and O–H groups in total.